The molecule has 122 valence electrons. The smallest absolute Gasteiger partial charge is 0.252 e. The molecule has 4 heteroatoms. The second kappa shape index (κ2) is 6.87. The second-order valence-electron chi connectivity index (χ2n) is 5.77. The van der Waals surface area contributed by atoms with Crippen molar-refractivity contribution in [1.29, 1.82) is 0 Å². The molecule has 0 aliphatic rings. The van der Waals surface area contributed by atoms with Gasteiger partial charge in [-0.2, -0.15) is 0 Å². The van der Waals surface area contributed by atoms with Gasteiger partial charge < -0.3 is 5.32 Å². The molecule has 2 heterocycles. The van der Waals surface area contributed by atoms with E-state index in [4.69, 9.17) is 0 Å². The number of nitrogens with one attached hydrogen (secondary N) is 1. The molecule has 0 unspecified atom stereocenters. The Morgan fingerprint density at radius 2 is 1.88 bits per heavy atom. The summed E-state index contributed by atoms with van der Waals surface area (Å²) >= 11 is 1.68. The number of carbonyl (C=O) groups is 1. The molecule has 25 heavy (non-hydrogen) atoms. The van der Waals surface area contributed by atoms with E-state index in [-0.39, 0.29) is 5.91 Å². The third-order valence-electron chi connectivity index (χ3n) is 4.09. The third-order valence-corrected chi connectivity index (χ3v) is 5.01. The summed E-state index contributed by atoms with van der Waals surface area (Å²) in [5, 5.41) is 7.08. The quantitative estimate of drug-likeness (QED) is 0.572. The summed E-state index contributed by atoms with van der Waals surface area (Å²) in [6, 6.07) is 19.9. The molecule has 4 rings (SSSR count). The van der Waals surface area contributed by atoms with Gasteiger partial charge in [0, 0.05) is 34.9 Å². The topological polar surface area (TPSA) is 42.0 Å². The third kappa shape index (κ3) is 3.30. The maximum absolute atomic E-state index is 12.6. The van der Waals surface area contributed by atoms with Crippen molar-refractivity contribution < 1.29 is 4.79 Å². The Hall–Kier alpha value is -2.98. The van der Waals surface area contributed by atoms with Crippen LogP contribution in [0.4, 0.5) is 0 Å². The van der Waals surface area contributed by atoms with Gasteiger partial charge in [0.25, 0.3) is 5.91 Å². The van der Waals surface area contributed by atoms with Crippen molar-refractivity contribution in [3.05, 3.63) is 89.6 Å². The van der Waals surface area contributed by atoms with Gasteiger partial charge in [0.1, 0.15) is 0 Å². The first-order valence-corrected chi connectivity index (χ1v) is 8.93. The van der Waals surface area contributed by atoms with Crippen LogP contribution in [-0.2, 0) is 6.54 Å². The number of fused-ring (bicyclic) bond motifs is 1. The maximum Gasteiger partial charge on any atom is 0.252 e. The Kier molecular flexibility index (Phi) is 4.27. The first-order valence-electron chi connectivity index (χ1n) is 8.05. The number of hydrogen-bond acceptors (Lipinski definition) is 3. The summed E-state index contributed by atoms with van der Waals surface area (Å²) in [7, 11) is 0. The summed E-state index contributed by atoms with van der Waals surface area (Å²) in [6.07, 6.45) is 3.64. The standard InChI is InChI=1S/C21H16N2OS/c24-21(19-8-3-6-16-5-1-2-7-18(16)19)23-13-15-11-17(14-22-12-15)20-9-4-10-25-20/h1-12,14H,13H2,(H,23,24). The second-order valence-corrected chi connectivity index (χ2v) is 6.72. The lowest BCUT2D eigenvalue weighted by atomic mass is 10.0. The van der Waals surface area contributed by atoms with E-state index in [0.29, 0.717) is 12.1 Å². The van der Waals surface area contributed by atoms with E-state index in [9.17, 15) is 4.79 Å². The number of hydrogen-bond donors (Lipinski definition) is 1. The van der Waals surface area contributed by atoms with Gasteiger partial charge in [-0.25, -0.2) is 0 Å². The highest BCUT2D eigenvalue weighted by atomic mass is 32.1. The molecule has 0 atom stereocenters. The summed E-state index contributed by atoms with van der Waals surface area (Å²) in [5.74, 6) is -0.0710. The van der Waals surface area contributed by atoms with Crippen LogP contribution in [0.3, 0.4) is 0 Å². The molecule has 2 aromatic heterocycles. The highest BCUT2D eigenvalue weighted by molar-refractivity contribution is 7.13. The lowest BCUT2D eigenvalue weighted by Crippen LogP contribution is -2.23. The van der Waals surface area contributed by atoms with Crippen LogP contribution in [0.2, 0.25) is 0 Å². The van der Waals surface area contributed by atoms with Crippen LogP contribution >= 0.6 is 11.3 Å². The molecule has 4 aromatic rings. The summed E-state index contributed by atoms with van der Waals surface area (Å²) < 4.78 is 0. The van der Waals surface area contributed by atoms with Gasteiger partial charge in [-0.05, 0) is 39.9 Å². The summed E-state index contributed by atoms with van der Waals surface area (Å²) in [5.41, 5.74) is 2.76. The first-order chi connectivity index (χ1) is 12.3. The number of nitrogens with zero attached hydrogens (tertiary/aromatic N) is 1. The van der Waals surface area contributed by atoms with Crippen molar-refractivity contribution in [3.8, 4) is 10.4 Å². The zero-order chi connectivity index (χ0) is 17.1. The molecule has 1 amide bonds. The Morgan fingerprint density at radius 3 is 2.76 bits per heavy atom. The highest BCUT2D eigenvalue weighted by Crippen LogP contribution is 2.24. The molecule has 0 aliphatic carbocycles. The maximum atomic E-state index is 12.6. The van der Waals surface area contributed by atoms with Crippen LogP contribution in [0.5, 0.6) is 0 Å². The fourth-order valence-corrected chi connectivity index (χ4v) is 3.57. The Labute approximate surface area is 150 Å². The molecule has 0 saturated carbocycles. The van der Waals surface area contributed by atoms with Gasteiger partial charge in [0.15, 0.2) is 0 Å². The Bertz CT molecular complexity index is 1020. The molecule has 3 nitrogen and oxygen atoms in total. The van der Waals surface area contributed by atoms with E-state index < -0.39 is 0 Å². The number of pyridine rings is 1. The van der Waals surface area contributed by atoms with Crippen LogP contribution < -0.4 is 5.32 Å². The SMILES string of the molecule is O=C(NCc1cncc(-c2cccs2)c1)c1cccc2ccccc12. The summed E-state index contributed by atoms with van der Waals surface area (Å²) in [6.45, 7) is 0.453. The number of thiophene rings is 1. The minimum Gasteiger partial charge on any atom is -0.348 e. The molecule has 2 aromatic carbocycles. The number of rotatable bonds is 4. The predicted octanol–water partition coefficient (Wildman–Crippen LogP) is 4.89. The molecule has 0 radical (unpaired) electrons. The average molecular weight is 344 g/mol. The number of aromatic nitrogens is 1. The van der Waals surface area contributed by atoms with E-state index in [2.05, 4.69) is 22.4 Å². The predicted molar refractivity (Wildman–Crippen MR) is 103 cm³/mol. The van der Waals surface area contributed by atoms with Crippen molar-refractivity contribution in [1.82, 2.24) is 10.3 Å². The van der Waals surface area contributed by atoms with E-state index in [1.807, 2.05) is 60.1 Å². The lowest BCUT2D eigenvalue weighted by molar-refractivity contribution is 0.0952. The molecular weight excluding hydrogens is 328 g/mol. The van der Waals surface area contributed by atoms with E-state index in [1.54, 1.807) is 17.5 Å². The van der Waals surface area contributed by atoms with Crippen molar-refractivity contribution in [2.24, 2.45) is 0 Å². The van der Waals surface area contributed by atoms with Crippen molar-refractivity contribution in [2.75, 3.05) is 0 Å². The van der Waals surface area contributed by atoms with Gasteiger partial charge in [-0.3, -0.25) is 9.78 Å². The van der Waals surface area contributed by atoms with E-state index >= 15 is 0 Å². The molecule has 0 spiro atoms. The molecule has 0 bridgehead atoms. The van der Waals surface area contributed by atoms with Crippen LogP contribution in [0.15, 0.2) is 78.4 Å². The molecule has 0 aliphatic heterocycles. The fraction of sp³-hybridized carbons (Fsp3) is 0.0476. The Balaban J connectivity index is 1.53. The van der Waals surface area contributed by atoms with Gasteiger partial charge in [-0.15, -0.1) is 11.3 Å². The largest absolute Gasteiger partial charge is 0.348 e. The van der Waals surface area contributed by atoms with Crippen LogP contribution in [0.1, 0.15) is 15.9 Å². The van der Waals surface area contributed by atoms with Crippen LogP contribution in [0, 0.1) is 0 Å². The lowest BCUT2D eigenvalue weighted by Gasteiger charge is -2.09. The molecule has 0 fully saturated rings. The zero-order valence-corrected chi connectivity index (χ0v) is 14.3. The molecule has 1 N–H and O–H groups in total. The normalized spacial score (nSPS) is 10.7. The molecule has 0 saturated heterocycles. The molecular formula is C21H16N2OS. The fourth-order valence-electron chi connectivity index (χ4n) is 2.86. The highest BCUT2D eigenvalue weighted by Gasteiger charge is 2.09. The van der Waals surface area contributed by atoms with Crippen molar-refractivity contribution in [2.45, 2.75) is 6.54 Å². The van der Waals surface area contributed by atoms with Crippen molar-refractivity contribution >= 4 is 28.0 Å². The van der Waals surface area contributed by atoms with Crippen molar-refractivity contribution in [3.63, 3.8) is 0 Å². The van der Waals surface area contributed by atoms with Gasteiger partial charge in [0.05, 0.1) is 0 Å². The van der Waals surface area contributed by atoms with Crippen LogP contribution in [-0.4, -0.2) is 10.9 Å². The van der Waals surface area contributed by atoms with E-state index in [0.717, 1.165) is 21.9 Å². The average Bonchev–Trinajstić information content (AvgIpc) is 3.21. The van der Waals surface area contributed by atoms with Gasteiger partial charge >= 0.3 is 0 Å². The van der Waals surface area contributed by atoms with Gasteiger partial charge in [0.2, 0.25) is 0 Å². The van der Waals surface area contributed by atoms with E-state index in [1.165, 1.54) is 4.88 Å². The summed E-state index contributed by atoms with van der Waals surface area (Å²) in [4.78, 5) is 18.1. The number of amides is 1. The number of carbonyl (C=O) groups excluding carboxylic acids is 1. The van der Waals surface area contributed by atoms with Gasteiger partial charge in [-0.1, -0.05) is 42.5 Å². The van der Waals surface area contributed by atoms with Crippen LogP contribution in [0.25, 0.3) is 21.2 Å². The Morgan fingerprint density at radius 1 is 1.00 bits per heavy atom. The number of benzene rings is 2. The zero-order valence-electron chi connectivity index (χ0n) is 13.5. The minimum absolute atomic E-state index is 0.0710. The first kappa shape index (κ1) is 15.5. The minimum atomic E-state index is -0.0710. The monoisotopic (exact) mass is 344 g/mol.